The zero-order valence-corrected chi connectivity index (χ0v) is 17.0. The van der Waals surface area contributed by atoms with Crippen LogP contribution in [0.4, 0.5) is 4.39 Å². The Balaban J connectivity index is 2.01. The van der Waals surface area contributed by atoms with Crippen LogP contribution < -0.4 is 10.1 Å². The maximum absolute atomic E-state index is 13.8. The fourth-order valence-corrected chi connectivity index (χ4v) is 3.04. The second-order valence-electron chi connectivity index (χ2n) is 6.25. The lowest BCUT2D eigenvalue weighted by Crippen LogP contribution is -2.42. The van der Waals surface area contributed by atoms with E-state index in [2.05, 4.69) is 5.32 Å². The van der Waals surface area contributed by atoms with Gasteiger partial charge in [0.05, 0.1) is 7.11 Å². The van der Waals surface area contributed by atoms with Crippen LogP contribution in [0.2, 0.25) is 0 Å². The highest BCUT2D eigenvalue weighted by atomic mass is 32.2. The number of benzene rings is 2. The quantitative estimate of drug-likeness (QED) is 0.644. The number of thioether (sulfide) groups is 1. The van der Waals surface area contributed by atoms with E-state index in [1.807, 2.05) is 19.2 Å². The summed E-state index contributed by atoms with van der Waals surface area (Å²) in [7, 11) is 1.38. The van der Waals surface area contributed by atoms with Crippen molar-refractivity contribution in [3.63, 3.8) is 0 Å². The minimum atomic E-state index is -0.774. The van der Waals surface area contributed by atoms with E-state index < -0.39 is 17.8 Å². The van der Waals surface area contributed by atoms with Gasteiger partial charge in [0.15, 0.2) is 11.6 Å². The first-order valence-electron chi connectivity index (χ1n) is 8.80. The molecule has 0 saturated carbocycles. The van der Waals surface area contributed by atoms with E-state index in [1.54, 1.807) is 36.0 Å². The minimum Gasteiger partial charge on any atom is -0.494 e. The Morgan fingerprint density at radius 3 is 2.64 bits per heavy atom. The molecule has 0 heterocycles. The lowest BCUT2D eigenvalue weighted by molar-refractivity contribution is -0.147. The van der Waals surface area contributed by atoms with Gasteiger partial charge in [-0.25, -0.2) is 9.18 Å². The molecule has 0 spiro atoms. The molecule has 7 heteroatoms. The summed E-state index contributed by atoms with van der Waals surface area (Å²) in [5.41, 5.74) is 1.94. The first-order valence-corrected chi connectivity index (χ1v) is 10.2. The highest BCUT2D eigenvalue weighted by molar-refractivity contribution is 7.98. The molecule has 0 bridgehead atoms. The Labute approximate surface area is 168 Å². The van der Waals surface area contributed by atoms with Crippen LogP contribution in [0.5, 0.6) is 5.75 Å². The summed E-state index contributed by atoms with van der Waals surface area (Å²) in [5.74, 6) is -0.597. The number of ether oxygens (including phenoxy) is 2. The molecule has 0 aliphatic carbocycles. The number of hydrogen-bond donors (Lipinski definition) is 1. The summed E-state index contributed by atoms with van der Waals surface area (Å²) >= 11 is 1.57. The largest absolute Gasteiger partial charge is 0.494 e. The molecule has 1 amide bonds. The van der Waals surface area contributed by atoms with Gasteiger partial charge in [0, 0.05) is 5.56 Å². The van der Waals surface area contributed by atoms with Gasteiger partial charge in [-0.2, -0.15) is 11.8 Å². The molecule has 0 aliphatic heterocycles. The number of amides is 1. The Hall–Kier alpha value is -2.54. The number of carbonyl (C=O) groups excluding carboxylic acids is 2. The molecule has 0 unspecified atom stereocenters. The third-order valence-electron chi connectivity index (χ3n) is 4.08. The van der Waals surface area contributed by atoms with Crippen molar-refractivity contribution < 1.29 is 23.5 Å². The number of carbonyl (C=O) groups is 2. The molecular formula is C21H24FNO4S. The Morgan fingerprint density at radius 2 is 2.00 bits per heavy atom. The smallest absolute Gasteiger partial charge is 0.329 e. The van der Waals surface area contributed by atoms with E-state index in [0.717, 1.165) is 5.56 Å². The van der Waals surface area contributed by atoms with Crippen molar-refractivity contribution in [1.82, 2.24) is 5.32 Å². The minimum absolute atomic E-state index is 0.0875. The van der Waals surface area contributed by atoms with E-state index >= 15 is 0 Å². The molecule has 2 rings (SSSR count). The molecule has 28 heavy (non-hydrogen) atoms. The number of rotatable bonds is 9. The van der Waals surface area contributed by atoms with Gasteiger partial charge in [-0.15, -0.1) is 0 Å². The summed E-state index contributed by atoms with van der Waals surface area (Å²) in [6, 6.07) is 10.7. The highest BCUT2D eigenvalue weighted by Crippen LogP contribution is 2.18. The van der Waals surface area contributed by atoms with Crippen molar-refractivity contribution in [2.75, 3.05) is 19.1 Å². The van der Waals surface area contributed by atoms with Crippen molar-refractivity contribution in [3.8, 4) is 5.75 Å². The molecule has 0 aromatic heterocycles. The summed E-state index contributed by atoms with van der Waals surface area (Å²) < 4.78 is 23.9. The van der Waals surface area contributed by atoms with E-state index in [0.29, 0.717) is 23.3 Å². The summed E-state index contributed by atoms with van der Waals surface area (Å²) in [5, 5.41) is 2.74. The van der Waals surface area contributed by atoms with E-state index in [9.17, 15) is 14.0 Å². The predicted octanol–water partition coefficient (Wildman–Crippen LogP) is 3.74. The molecule has 150 valence electrons. The summed E-state index contributed by atoms with van der Waals surface area (Å²) in [6.45, 7) is 1.81. The molecule has 0 fully saturated rings. The normalized spacial score (nSPS) is 11.6. The highest BCUT2D eigenvalue weighted by Gasteiger charge is 2.23. The average Bonchev–Trinajstić information content (AvgIpc) is 2.69. The Bertz CT molecular complexity index is 828. The van der Waals surface area contributed by atoms with E-state index in [4.69, 9.17) is 9.47 Å². The van der Waals surface area contributed by atoms with E-state index in [-0.39, 0.29) is 18.3 Å². The van der Waals surface area contributed by atoms with Gasteiger partial charge in [0.1, 0.15) is 12.6 Å². The fraction of sp³-hybridized carbons (Fsp3) is 0.333. The van der Waals surface area contributed by atoms with Crippen LogP contribution in [0.25, 0.3) is 0 Å². The fourth-order valence-electron chi connectivity index (χ4n) is 2.57. The van der Waals surface area contributed by atoms with Crippen LogP contribution in [0.3, 0.4) is 0 Å². The van der Waals surface area contributed by atoms with Crippen LogP contribution in [-0.2, 0) is 16.1 Å². The molecule has 5 nitrogen and oxygen atoms in total. The molecule has 0 saturated heterocycles. The third-order valence-corrected chi connectivity index (χ3v) is 4.72. The van der Waals surface area contributed by atoms with Gasteiger partial charge in [-0.3, -0.25) is 4.79 Å². The van der Waals surface area contributed by atoms with Crippen LogP contribution in [-0.4, -0.2) is 37.0 Å². The van der Waals surface area contributed by atoms with Gasteiger partial charge < -0.3 is 14.8 Å². The van der Waals surface area contributed by atoms with Gasteiger partial charge in [0.25, 0.3) is 5.91 Å². The lowest BCUT2D eigenvalue weighted by atomic mass is 10.1. The number of hydrogen-bond acceptors (Lipinski definition) is 5. The van der Waals surface area contributed by atoms with Gasteiger partial charge in [-0.05, 0) is 55.2 Å². The van der Waals surface area contributed by atoms with Crippen LogP contribution >= 0.6 is 11.8 Å². The van der Waals surface area contributed by atoms with E-state index in [1.165, 1.54) is 19.2 Å². The summed E-state index contributed by atoms with van der Waals surface area (Å²) in [6.07, 6.45) is 2.36. The molecule has 1 N–H and O–H groups in total. The van der Waals surface area contributed by atoms with Gasteiger partial charge in [-0.1, -0.05) is 23.8 Å². The maximum atomic E-state index is 13.8. The molecule has 2 aromatic carbocycles. The standard InChI is InChI=1S/C21H24FNO4S/c1-14-5-4-6-16(11-14)20(24)23-18(9-10-28-3)21(25)27-13-15-7-8-19(26-2)17(22)12-15/h4-8,11-12,18H,9-10,13H2,1-3H3,(H,23,24)/t18-/m0/s1. The first kappa shape index (κ1) is 21.8. The number of esters is 1. The molecular weight excluding hydrogens is 381 g/mol. The third kappa shape index (κ3) is 6.27. The Morgan fingerprint density at radius 1 is 1.21 bits per heavy atom. The second kappa shape index (κ2) is 10.7. The lowest BCUT2D eigenvalue weighted by Gasteiger charge is -2.18. The van der Waals surface area contributed by atoms with Crippen LogP contribution in [0, 0.1) is 12.7 Å². The second-order valence-corrected chi connectivity index (χ2v) is 7.24. The van der Waals surface area contributed by atoms with Gasteiger partial charge >= 0.3 is 5.97 Å². The van der Waals surface area contributed by atoms with Crippen molar-refractivity contribution in [1.29, 1.82) is 0 Å². The molecule has 1 atom stereocenters. The number of aryl methyl sites for hydroxylation is 1. The SMILES string of the molecule is COc1ccc(COC(=O)[C@H](CCSC)NC(=O)c2cccc(C)c2)cc1F. The van der Waals surface area contributed by atoms with Crippen LogP contribution in [0.15, 0.2) is 42.5 Å². The number of nitrogens with one attached hydrogen (secondary N) is 1. The maximum Gasteiger partial charge on any atom is 0.329 e. The molecule has 0 aliphatic rings. The summed E-state index contributed by atoms with van der Waals surface area (Å²) in [4.78, 5) is 25.0. The van der Waals surface area contributed by atoms with Crippen LogP contribution in [0.1, 0.15) is 27.9 Å². The van der Waals surface area contributed by atoms with Crippen molar-refractivity contribution in [3.05, 3.63) is 65.0 Å². The molecule has 2 aromatic rings. The predicted molar refractivity (Wildman–Crippen MR) is 108 cm³/mol. The number of halogens is 1. The van der Waals surface area contributed by atoms with Crippen molar-refractivity contribution >= 4 is 23.6 Å². The zero-order valence-electron chi connectivity index (χ0n) is 16.2. The molecule has 0 radical (unpaired) electrons. The van der Waals surface area contributed by atoms with Crippen molar-refractivity contribution in [2.24, 2.45) is 0 Å². The first-order chi connectivity index (χ1) is 13.4. The average molecular weight is 405 g/mol. The Kier molecular flexibility index (Phi) is 8.32. The van der Waals surface area contributed by atoms with Gasteiger partial charge in [0.2, 0.25) is 0 Å². The van der Waals surface area contributed by atoms with Crippen molar-refractivity contribution in [2.45, 2.75) is 26.0 Å². The number of methoxy groups -OCH3 is 1. The topological polar surface area (TPSA) is 64.6 Å². The monoisotopic (exact) mass is 405 g/mol. The zero-order chi connectivity index (χ0) is 20.5.